The standard InChI is InChI=1S/C16H15F3N2O2S/c1-24(23)13-9-5-8-12(10-13)20-15(22)21-14(16(17,18)19)11-6-3-2-4-7-11/h2-10,14H,1H3,(H2,20,21,22)/t14-,24+/m0/s1. The number of benzene rings is 2. The van der Waals surface area contributed by atoms with Gasteiger partial charge in [-0.25, -0.2) is 4.79 Å². The molecule has 0 aliphatic carbocycles. The molecule has 2 N–H and O–H groups in total. The van der Waals surface area contributed by atoms with E-state index in [2.05, 4.69) is 5.32 Å². The largest absolute Gasteiger partial charge is 0.412 e. The molecule has 0 fully saturated rings. The molecule has 0 unspecified atom stereocenters. The highest BCUT2D eigenvalue weighted by atomic mass is 32.2. The molecule has 4 nitrogen and oxygen atoms in total. The minimum Gasteiger partial charge on any atom is -0.322 e. The van der Waals surface area contributed by atoms with Gasteiger partial charge in [0.2, 0.25) is 0 Å². The van der Waals surface area contributed by atoms with Crippen LogP contribution in [0.3, 0.4) is 0 Å². The van der Waals surface area contributed by atoms with Crippen molar-refractivity contribution >= 4 is 22.5 Å². The number of carbonyl (C=O) groups excluding carboxylic acids is 1. The lowest BCUT2D eigenvalue weighted by Crippen LogP contribution is -2.40. The van der Waals surface area contributed by atoms with Crippen LogP contribution in [0.1, 0.15) is 11.6 Å². The van der Waals surface area contributed by atoms with E-state index in [1.807, 2.05) is 5.32 Å². The van der Waals surface area contributed by atoms with E-state index >= 15 is 0 Å². The first kappa shape index (κ1) is 18.0. The summed E-state index contributed by atoms with van der Waals surface area (Å²) >= 11 is 0. The summed E-state index contributed by atoms with van der Waals surface area (Å²) in [6, 6.07) is 10.1. The van der Waals surface area contributed by atoms with Gasteiger partial charge in [-0.2, -0.15) is 13.2 Å². The summed E-state index contributed by atoms with van der Waals surface area (Å²) in [5.41, 5.74) is 0.192. The Morgan fingerprint density at radius 2 is 1.75 bits per heavy atom. The van der Waals surface area contributed by atoms with E-state index in [1.165, 1.54) is 42.7 Å². The highest BCUT2D eigenvalue weighted by molar-refractivity contribution is 7.84. The van der Waals surface area contributed by atoms with E-state index in [0.717, 1.165) is 0 Å². The first-order valence-corrected chi connectivity index (χ1v) is 8.46. The van der Waals surface area contributed by atoms with Crippen LogP contribution in [0.4, 0.5) is 23.7 Å². The van der Waals surface area contributed by atoms with Crippen LogP contribution >= 0.6 is 0 Å². The molecule has 0 heterocycles. The van der Waals surface area contributed by atoms with Crippen LogP contribution in [-0.4, -0.2) is 22.7 Å². The van der Waals surface area contributed by atoms with Crippen molar-refractivity contribution < 1.29 is 22.2 Å². The fraction of sp³-hybridized carbons (Fsp3) is 0.188. The molecule has 2 rings (SSSR count). The molecule has 0 radical (unpaired) electrons. The minimum absolute atomic E-state index is 0.0661. The lowest BCUT2D eigenvalue weighted by atomic mass is 10.1. The van der Waals surface area contributed by atoms with E-state index in [-0.39, 0.29) is 11.3 Å². The topological polar surface area (TPSA) is 58.2 Å². The highest BCUT2D eigenvalue weighted by Gasteiger charge is 2.41. The van der Waals surface area contributed by atoms with E-state index < -0.39 is 29.0 Å². The van der Waals surface area contributed by atoms with E-state index in [0.29, 0.717) is 4.90 Å². The summed E-state index contributed by atoms with van der Waals surface area (Å²) in [7, 11) is -1.26. The maximum absolute atomic E-state index is 13.2. The third-order valence-electron chi connectivity index (χ3n) is 3.16. The SMILES string of the molecule is C[S@@](=O)c1cccc(NC(=O)N[C@@H](c2ccccc2)C(F)(F)F)c1. The van der Waals surface area contributed by atoms with Crippen molar-refractivity contribution in [2.75, 3.05) is 11.6 Å². The molecule has 0 aromatic heterocycles. The lowest BCUT2D eigenvalue weighted by Gasteiger charge is -2.22. The van der Waals surface area contributed by atoms with Gasteiger partial charge >= 0.3 is 12.2 Å². The van der Waals surface area contributed by atoms with Gasteiger partial charge in [-0.15, -0.1) is 0 Å². The zero-order chi connectivity index (χ0) is 17.7. The number of amides is 2. The van der Waals surface area contributed by atoms with E-state index in [9.17, 15) is 22.2 Å². The number of anilines is 1. The molecule has 0 spiro atoms. The molecule has 0 saturated heterocycles. The Bertz CT molecular complexity index is 736. The zero-order valence-electron chi connectivity index (χ0n) is 12.6. The van der Waals surface area contributed by atoms with Gasteiger partial charge in [-0.3, -0.25) is 4.21 Å². The molecule has 0 saturated carbocycles. The first-order valence-electron chi connectivity index (χ1n) is 6.90. The van der Waals surface area contributed by atoms with E-state index in [4.69, 9.17) is 0 Å². The predicted octanol–water partition coefficient (Wildman–Crippen LogP) is 3.85. The molecule has 128 valence electrons. The van der Waals surface area contributed by atoms with Gasteiger partial charge in [-0.05, 0) is 23.8 Å². The normalized spacial score (nSPS) is 13.8. The third-order valence-corrected chi connectivity index (χ3v) is 4.08. The van der Waals surface area contributed by atoms with Crippen LogP contribution < -0.4 is 10.6 Å². The minimum atomic E-state index is -4.63. The second-order valence-corrected chi connectivity index (χ2v) is 6.35. The Kier molecular flexibility index (Phi) is 5.61. The van der Waals surface area contributed by atoms with Crippen molar-refractivity contribution in [3.05, 3.63) is 60.2 Å². The number of rotatable bonds is 4. The average molecular weight is 356 g/mol. The molecule has 0 bridgehead atoms. The quantitative estimate of drug-likeness (QED) is 0.874. The Morgan fingerprint density at radius 3 is 2.33 bits per heavy atom. The Hall–Kier alpha value is -2.35. The number of carbonyl (C=O) groups is 1. The maximum atomic E-state index is 13.2. The Balaban J connectivity index is 2.14. The van der Waals surface area contributed by atoms with Crippen molar-refractivity contribution in [3.8, 4) is 0 Å². The maximum Gasteiger partial charge on any atom is 0.412 e. The average Bonchev–Trinajstić information content (AvgIpc) is 2.52. The van der Waals surface area contributed by atoms with Crippen molar-refractivity contribution in [3.63, 3.8) is 0 Å². The molecule has 24 heavy (non-hydrogen) atoms. The Morgan fingerprint density at radius 1 is 1.08 bits per heavy atom. The molecular formula is C16H15F3N2O2S. The molecule has 2 aromatic rings. The first-order chi connectivity index (χ1) is 11.3. The molecule has 2 atom stereocenters. The lowest BCUT2D eigenvalue weighted by molar-refractivity contribution is -0.154. The molecule has 2 aromatic carbocycles. The summed E-state index contributed by atoms with van der Waals surface area (Å²) in [6.45, 7) is 0. The number of urea groups is 1. The van der Waals surface area contributed by atoms with Crippen molar-refractivity contribution in [1.82, 2.24) is 5.32 Å². The van der Waals surface area contributed by atoms with E-state index in [1.54, 1.807) is 18.2 Å². The monoisotopic (exact) mass is 356 g/mol. The van der Waals surface area contributed by atoms with Crippen LogP contribution in [0.2, 0.25) is 0 Å². The number of halogens is 3. The van der Waals surface area contributed by atoms with Gasteiger partial charge in [0.05, 0.1) is 0 Å². The smallest absolute Gasteiger partial charge is 0.322 e. The second-order valence-electron chi connectivity index (χ2n) is 4.97. The molecule has 0 aliphatic heterocycles. The number of hydrogen-bond donors (Lipinski definition) is 2. The van der Waals surface area contributed by atoms with Gasteiger partial charge in [0, 0.05) is 27.6 Å². The predicted molar refractivity (Wildman–Crippen MR) is 86.2 cm³/mol. The summed E-state index contributed by atoms with van der Waals surface area (Å²) in [5, 5.41) is 4.24. The summed E-state index contributed by atoms with van der Waals surface area (Å²) in [5.74, 6) is 0. The van der Waals surface area contributed by atoms with Gasteiger partial charge in [-0.1, -0.05) is 36.4 Å². The van der Waals surface area contributed by atoms with Crippen LogP contribution in [0.15, 0.2) is 59.5 Å². The van der Waals surface area contributed by atoms with Crippen LogP contribution in [0, 0.1) is 0 Å². The van der Waals surface area contributed by atoms with Crippen molar-refractivity contribution in [2.45, 2.75) is 17.1 Å². The van der Waals surface area contributed by atoms with Crippen molar-refractivity contribution in [1.29, 1.82) is 0 Å². The fourth-order valence-electron chi connectivity index (χ4n) is 2.05. The Labute approximate surface area is 139 Å². The summed E-state index contributed by atoms with van der Waals surface area (Å²) in [6.07, 6.45) is -3.17. The van der Waals surface area contributed by atoms with Gasteiger partial charge in [0.25, 0.3) is 0 Å². The number of hydrogen-bond acceptors (Lipinski definition) is 2. The third kappa shape index (κ3) is 4.82. The molecular weight excluding hydrogens is 341 g/mol. The molecule has 8 heteroatoms. The van der Waals surface area contributed by atoms with Crippen LogP contribution in [-0.2, 0) is 10.8 Å². The van der Waals surface area contributed by atoms with Gasteiger partial charge in [0.1, 0.15) is 0 Å². The summed E-state index contributed by atoms with van der Waals surface area (Å²) in [4.78, 5) is 12.4. The van der Waals surface area contributed by atoms with Gasteiger partial charge < -0.3 is 10.6 Å². The second kappa shape index (κ2) is 7.48. The fourth-order valence-corrected chi connectivity index (χ4v) is 2.61. The van der Waals surface area contributed by atoms with Crippen LogP contribution in [0.5, 0.6) is 0 Å². The van der Waals surface area contributed by atoms with Gasteiger partial charge in [0.15, 0.2) is 6.04 Å². The van der Waals surface area contributed by atoms with Crippen LogP contribution in [0.25, 0.3) is 0 Å². The summed E-state index contributed by atoms with van der Waals surface area (Å²) < 4.78 is 51.0. The zero-order valence-corrected chi connectivity index (χ0v) is 13.4. The number of nitrogens with one attached hydrogen (secondary N) is 2. The van der Waals surface area contributed by atoms with Crippen molar-refractivity contribution in [2.24, 2.45) is 0 Å². The molecule has 2 amide bonds. The number of alkyl halides is 3. The highest BCUT2D eigenvalue weighted by Crippen LogP contribution is 2.32. The molecule has 0 aliphatic rings.